The molecule has 4 rings (SSSR count). The first-order valence-corrected chi connectivity index (χ1v) is 8.19. The first-order chi connectivity index (χ1) is 11.3. The van der Waals surface area contributed by atoms with Crippen molar-refractivity contribution in [1.29, 1.82) is 0 Å². The quantitative estimate of drug-likeness (QED) is 0.495. The number of aromatic nitrogens is 1. The molecule has 2 aliphatic rings. The van der Waals surface area contributed by atoms with Gasteiger partial charge in [-0.15, -0.1) is 0 Å². The van der Waals surface area contributed by atoms with Crippen LogP contribution in [-0.4, -0.2) is 48.8 Å². The van der Waals surface area contributed by atoms with Crippen LogP contribution in [0.5, 0.6) is 0 Å². The van der Waals surface area contributed by atoms with Crippen molar-refractivity contribution in [1.82, 2.24) is 10.1 Å². The Bertz CT molecular complexity index is 737. The maximum absolute atomic E-state index is 8.48. The molecule has 0 N–H and O–H groups in total. The second-order valence-electron chi connectivity index (χ2n) is 6.45. The summed E-state index contributed by atoms with van der Waals surface area (Å²) < 4.78 is 5.45. The van der Waals surface area contributed by atoms with E-state index < -0.39 is 0 Å². The van der Waals surface area contributed by atoms with E-state index in [1.165, 1.54) is 0 Å². The molecule has 0 spiro atoms. The lowest BCUT2D eigenvalue weighted by Gasteiger charge is -2.46. The number of fused-ring (bicyclic) bond motifs is 2. The Labute approximate surface area is 134 Å². The molecule has 0 aliphatic carbocycles. The van der Waals surface area contributed by atoms with Crippen molar-refractivity contribution in [3.63, 3.8) is 0 Å². The minimum Gasteiger partial charge on any atom is -0.354 e. The van der Waals surface area contributed by atoms with Gasteiger partial charge in [-0.2, -0.15) is 0 Å². The molecule has 0 bridgehead atoms. The van der Waals surface area contributed by atoms with Crippen molar-refractivity contribution in [2.75, 3.05) is 37.6 Å². The highest BCUT2D eigenvalue weighted by atomic mass is 16.5. The standard InChI is InChI=1S/C16H20N6O/c17-20-18-9-12-5-6-13-11-22(8-7-21(13)10-12)16-14-3-1-2-4-15(14)23-19-16/h1-4,12-13H,5-11H2/t12-,13+/m0/s1. The lowest BCUT2D eigenvalue weighted by molar-refractivity contribution is 0.0981. The van der Waals surface area contributed by atoms with Crippen molar-refractivity contribution >= 4 is 16.8 Å². The topological polar surface area (TPSA) is 81.3 Å². The van der Waals surface area contributed by atoms with Gasteiger partial charge in [0.05, 0.1) is 5.39 Å². The molecule has 0 radical (unpaired) electrons. The molecule has 2 atom stereocenters. The van der Waals surface area contributed by atoms with Crippen molar-refractivity contribution in [2.24, 2.45) is 11.0 Å². The molecule has 3 heterocycles. The zero-order chi connectivity index (χ0) is 15.6. The van der Waals surface area contributed by atoms with Gasteiger partial charge in [-0.3, -0.25) is 4.90 Å². The smallest absolute Gasteiger partial charge is 0.180 e. The summed E-state index contributed by atoms with van der Waals surface area (Å²) in [6.07, 6.45) is 2.28. The number of piperidine rings is 1. The third kappa shape index (κ3) is 2.73. The van der Waals surface area contributed by atoms with Crippen LogP contribution in [0.15, 0.2) is 33.9 Å². The van der Waals surface area contributed by atoms with Crippen molar-refractivity contribution < 1.29 is 4.52 Å². The van der Waals surface area contributed by atoms with Crippen LogP contribution in [0.1, 0.15) is 12.8 Å². The van der Waals surface area contributed by atoms with Crippen molar-refractivity contribution in [2.45, 2.75) is 18.9 Å². The summed E-state index contributed by atoms with van der Waals surface area (Å²) in [4.78, 5) is 7.78. The lowest BCUT2D eigenvalue weighted by Crippen LogP contribution is -2.56. The predicted molar refractivity (Wildman–Crippen MR) is 88.3 cm³/mol. The SMILES string of the molecule is [N-]=[N+]=NC[C@@H]1CC[C@@H]2CN(c3noc4ccccc34)CCN2C1. The Morgan fingerprint density at radius 1 is 1.26 bits per heavy atom. The Kier molecular flexibility index (Phi) is 3.81. The summed E-state index contributed by atoms with van der Waals surface area (Å²) in [6, 6.07) is 8.59. The largest absolute Gasteiger partial charge is 0.354 e. The predicted octanol–water partition coefficient (Wildman–Crippen LogP) is 3.04. The van der Waals surface area contributed by atoms with Gasteiger partial charge in [-0.25, -0.2) is 0 Å². The van der Waals surface area contributed by atoms with E-state index in [9.17, 15) is 0 Å². The van der Waals surface area contributed by atoms with E-state index in [0.29, 0.717) is 18.5 Å². The van der Waals surface area contributed by atoms with E-state index in [2.05, 4.69) is 31.0 Å². The van der Waals surface area contributed by atoms with E-state index in [0.717, 1.165) is 55.8 Å². The van der Waals surface area contributed by atoms with Crippen LogP contribution < -0.4 is 4.90 Å². The lowest BCUT2D eigenvalue weighted by atomic mass is 9.91. The minimum atomic E-state index is 0.501. The number of piperazine rings is 1. The van der Waals surface area contributed by atoms with Crippen molar-refractivity contribution in [3.8, 4) is 0 Å². The number of nitrogens with zero attached hydrogens (tertiary/aromatic N) is 6. The Morgan fingerprint density at radius 3 is 3.09 bits per heavy atom. The van der Waals surface area contributed by atoms with Crippen LogP contribution in [0.3, 0.4) is 0 Å². The molecular formula is C16H20N6O. The van der Waals surface area contributed by atoms with Gasteiger partial charge < -0.3 is 9.42 Å². The summed E-state index contributed by atoms with van der Waals surface area (Å²) in [7, 11) is 0. The second-order valence-corrected chi connectivity index (χ2v) is 6.45. The fraction of sp³-hybridized carbons (Fsp3) is 0.562. The average molecular weight is 312 g/mol. The van der Waals surface area contributed by atoms with E-state index in [1.54, 1.807) is 0 Å². The fourth-order valence-electron chi connectivity index (χ4n) is 3.85. The van der Waals surface area contributed by atoms with E-state index in [1.807, 2.05) is 18.2 Å². The van der Waals surface area contributed by atoms with Gasteiger partial charge in [0, 0.05) is 43.7 Å². The highest BCUT2D eigenvalue weighted by molar-refractivity contribution is 5.88. The van der Waals surface area contributed by atoms with Crippen LogP contribution in [0.2, 0.25) is 0 Å². The van der Waals surface area contributed by atoms with E-state index in [4.69, 9.17) is 10.1 Å². The van der Waals surface area contributed by atoms with Crippen LogP contribution in [-0.2, 0) is 0 Å². The Balaban J connectivity index is 1.47. The van der Waals surface area contributed by atoms with Gasteiger partial charge in [-0.1, -0.05) is 22.4 Å². The normalized spacial score (nSPS) is 25.1. The molecule has 2 aliphatic heterocycles. The molecule has 23 heavy (non-hydrogen) atoms. The third-order valence-electron chi connectivity index (χ3n) is 5.07. The molecule has 120 valence electrons. The maximum atomic E-state index is 8.48. The third-order valence-corrected chi connectivity index (χ3v) is 5.07. The van der Waals surface area contributed by atoms with Gasteiger partial charge in [-0.05, 0) is 36.4 Å². The van der Waals surface area contributed by atoms with Gasteiger partial charge in [0.2, 0.25) is 0 Å². The fourth-order valence-corrected chi connectivity index (χ4v) is 3.85. The zero-order valence-electron chi connectivity index (χ0n) is 13.0. The van der Waals surface area contributed by atoms with Crippen LogP contribution in [0.25, 0.3) is 21.4 Å². The molecular weight excluding hydrogens is 292 g/mol. The number of benzene rings is 1. The van der Waals surface area contributed by atoms with Crippen LogP contribution >= 0.6 is 0 Å². The first kappa shape index (κ1) is 14.4. The van der Waals surface area contributed by atoms with E-state index >= 15 is 0 Å². The minimum absolute atomic E-state index is 0.501. The molecule has 0 saturated carbocycles. The van der Waals surface area contributed by atoms with Gasteiger partial charge in [0.15, 0.2) is 11.4 Å². The van der Waals surface area contributed by atoms with E-state index in [-0.39, 0.29) is 0 Å². The summed E-state index contributed by atoms with van der Waals surface area (Å²) in [5, 5.41) is 9.13. The monoisotopic (exact) mass is 312 g/mol. The Hall–Kier alpha value is -2.24. The molecule has 1 aromatic heterocycles. The van der Waals surface area contributed by atoms with Crippen molar-refractivity contribution in [3.05, 3.63) is 34.7 Å². The number of para-hydroxylation sites is 1. The number of rotatable bonds is 3. The number of hydrogen-bond donors (Lipinski definition) is 0. The summed E-state index contributed by atoms with van der Waals surface area (Å²) in [5.41, 5.74) is 9.33. The van der Waals surface area contributed by atoms with Gasteiger partial charge in [0.25, 0.3) is 0 Å². The molecule has 2 aromatic rings. The summed E-state index contributed by atoms with van der Waals surface area (Å²) >= 11 is 0. The molecule has 0 unspecified atom stereocenters. The molecule has 0 amide bonds. The van der Waals surface area contributed by atoms with Gasteiger partial charge >= 0.3 is 0 Å². The molecule has 2 saturated heterocycles. The second kappa shape index (κ2) is 6.10. The summed E-state index contributed by atoms with van der Waals surface area (Å²) in [5.74, 6) is 1.47. The molecule has 7 nitrogen and oxygen atoms in total. The molecule has 1 aromatic carbocycles. The Morgan fingerprint density at radius 2 is 2.17 bits per heavy atom. The number of hydrogen-bond acceptors (Lipinski definition) is 5. The van der Waals surface area contributed by atoms with Gasteiger partial charge in [0.1, 0.15) is 0 Å². The zero-order valence-corrected chi connectivity index (χ0v) is 13.0. The molecule has 7 heteroatoms. The number of azide groups is 1. The highest BCUT2D eigenvalue weighted by Gasteiger charge is 2.33. The number of anilines is 1. The summed E-state index contributed by atoms with van der Waals surface area (Å²) in [6.45, 7) is 4.64. The highest BCUT2D eigenvalue weighted by Crippen LogP contribution is 2.31. The maximum Gasteiger partial charge on any atom is 0.180 e. The average Bonchev–Trinajstić information content (AvgIpc) is 3.03. The first-order valence-electron chi connectivity index (χ1n) is 8.19. The van der Waals surface area contributed by atoms with Crippen LogP contribution in [0, 0.1) is 5.92 Å². The molecule has 2 fully saturated rings. The van der Waals surface area contributed by atoms with Crippen LogP contribution in [0.4, 0.5) is 5.82 Å².